The standard InChI is InChI=1S/C25H32N6O4/c1-35-10-8-28-20-12-16(4-6-19(20)24(27)33)25(34)30-18-11-15-3-2-9-31(21(15)13-18)22-7-5-17(14-29-22)23(26)32/h4-7,12,14-15,18,21,28H,2-3,8-11,13H2,1H3,(H2,26,32)(H2,27,33)(H,30,34). The Kier molecular flexibility index (Phi) is 7.50. The number of aromatic nitrogens is 1. The molecule has 2 heterocycles. The van der Waals surface area contributed by atoms with Crippen molar-refractivity contribution in [2.24, 2.45) is 17.4 Å². The van der Waals surface area contributed by atoms with Gasteiger partial charge in [0, 0.05) is 49.7 Å². The average molecular weight is 481 g/mol. The van der Waals surface area contributed by atoms with Crippen LogP contribution >= 0.6 is 0 Å². The van der Waals surface area contributed by atoms with Crippen molar-refractivity contribution in [3.63, 3.8) is 0 Å². The number of anilines is 2. The van der Waals surface area contributed by atoms with E-state index in [1.165, 1.54) is 6.20 Å². The van der Waals surface area contributed by atoms with Crippen molar-refractivity contribution in [1.29, 1.82) is 0 Å². The van der Waals surface area contributed by atoms with Gasteiger partial charge in [0.25, 0.3) is 11.8 Å². The number of hydrogen-bond acceptors (Lipinski definition) is 7. The van der Waals surface area contributed by atoms with Crippen LogP contribution in [0.2, 0.25) is 0 Å². The van der Waals surface area contributed by atoms with Crippen LogP contribution in [-0.4, -0.2) is 61.6 Å². The summed E-state index contributed by atoms with van der Waals surface area (Å²) in [6.45, 7) is 1.82. The maximum absolute atomic E-state index is 13.1. The normalized spacial score (nSPS) is 21.3. The Bertz CT molecular complexity index is 1090. The lowest BCUT2D eigenvalue weighted by molar-refractivity contribution is 0.0934. The number of pyridine rings is 1. The monoisotopic (exact) mass is 480 g/mol. The van der Waals surface area contributed by atoms with Crippen LogP contribution in [0.1, 0.15) is 56.8 Å². The van der Waals surface area contributed by atoms with E-state index in [9.17, 15) is 14.4 Å². The molecule has 10 nitrogen and oxygen atoms in total. The molecule has 0 radical (unpaired) electrons. The Labute approximate surface area is 204 Å². The summed E-state index contributed by atoms with van der Waals surface area (Å²) in [6, 6.07) is 8.69. The van der Waals surface area contributed by atoms with Crippen molar-refractivity contribution in [3.8, 4) is 0 Å². The first-order chi connectivity index (χ1) is 16.9. The van der Waals surface area contributed by atoms with Crippen LogP contribution in [0, 0.1) is 5.92 Å². The Balaban J connectivity index is 1.44. The zero-order valence-corrected chi connectivity index (χ0v) is 19.8. The minimum absolute atomic E-state index is 0.0312. The van der Waals surface area contributed by atoms with Gasteiger partial charge in [-0.25, -0.2) is 4.98 Å². The van der Waals surface area contributed by atoms with Crippen molar-refractivity contribution in [2.45, 2.75) is 37.8 Å². The van der Waals surface area contributed by atoms with E-state index in [0.717, 1.165) is 38.0 Å². The number of hydrogen-bond donors (Lipinski definition) is 4. The quantitative estimate of drug-likeness (QED) is 0.397. The summed E-state index contributed by atoms with van der Waals surface area (Å²) in [4.78, 5) is 43.0. The van der Waals surface area contributed by atoms with Gasteiger partial charge >= 0.3 is 0 Å². The van der Waals surface area contributed by atoms with Crippen molar-refractivity contribution in [1.82, 2.24) is 10.3 Å². The second kappa shape index (κ2) is 10.7. The zero-order valence-electron chi connectivity index (χ0n) is 19.8. The van der Waals surface area contributed by atoms with Crippen LogP contribution in [0.25, 0.3) is 0 Å². The van der Waals surface area contributed by atoms with Gasteiger partial charge in [-0.3, -0.25) is 14.4 Å². The van der Waals surface area contributed by atoms with Gasteiger partial charge < -0.3 is 31.7 Å². The number of ether oxygens (including phenoxy) is 1. The van der Waals surface area contributed by atoms with Crippen molar-refractivity contribution in [3.05, 3.63) is 53.2 Å². The van der Waals surface area contributed by atoms with Crippen LogP contribution in [0.15, 0.2) is 36.5 Å². The molecule has 1 aromatic heterocycles. The minimum Gasteiger partial charge on any atom is -0.383 e. The summed E-state index contributed by atoms with van der Waals surface area (Å²) in [7, 11) is 1.59. The molecule has 6 N–H and O–H groups in total. The van der Waals surface area contributed by atoms with E-state index in [-0.39, 0.29) is 18.0 Å². The molecule has 3 amide bonds. The van der Waals surface area contributed by atoms with Gasteiger partial charge in [0.15, 0.2) is 0 Å². The molecule has 0 bridgehead atoms. The zero-order chi connectivity index (χ0) is 24.9. The predicted octanol–water partition coefficient (Wildman–Crippen LogP) is 1.52. The second-order valence-corrected chi connectivity index (χ2v) is 9.12. The van der Waals surface area contributed by atoms with Gasteiger partial charge in [-0.15, -0.1) is 0 Å². The molecule has 1 aliphatic carbocycles. The first-order valence-electron chi connectivity index (χ1n) is 11.9. The number of nitrogens with zero attached hydrogens (tertiary/aromatic N) is 2. The molecule has 186 valence electrons. The minimum atomic E-state index is -0.561. The summed E-state index contributed by atoms with van der Waals surface area (Å²) in [5.41, 5.74) is 12.5. The molecule has 3 unspecified atom stereocenters. The maximum Gasteiger partial charge on any atom is 0.251 e. The number of methoxy groups -OCH3 is 1. The third-order valence-corrected chi connectivity index (χ3v) is 6.86. The Morgan fingerprint density at radius 3 is 2.60 bits per heavy atom. The van der Waals surface area contributed by atoms with Crippen LogP contribution in [0.3, 0.4) is 0 Å². The number of primary amides is 2. The number of fused-ring (bicyclic) bond motifs is 1. The van der Waals surface area contributed by atoms with Gasteiger partial charge in [0.05, 0.1) is 17.7 Å². The van der Waals surface area contributed by atoms with E-state index in [0.29, 0.717) is 41.4 Å². The molecule has 0 spiro atoms. The highest BCUT2D eigenvalue weighted by Gasteiger charge is 2.41. The van der Waals surface area contributed by atoms with E-state index in [1.54, 1.807) is 31.4 Å². The molecule has 1 aromatic carbocycles. The molecule has 3 atom stereocenters. The van der Waals surface area contributed by atoms with E-state index in [2.05, 4.69) is 20.5 Å². The molecule has 1 saturated carbocycles. The molecular formula is C25H32N6O4. The number of rotatable bonds is 9. The van der Waals surface area contributed by atoms with Crippen LogP contribution in [0.4, 0.5) is 11.5 Å². The molecule has 2 aromatic rings. The number of amides is 3. The van der Waals surface area contributed by atoms with Crippen LogP contribution < -0.4 is 27.0 Å². The van der Waals surface area contributed by atoms with E-state index in [4.69, 9.17) is 16.2 Å². The SMILES string of the molecule is COCCNc1cc(C(=O)NC2CC3CCCN(c4ccc(C(N)=O)cn4)C3C2)ccc1C(N)=O. The fraction of sp³-hybridized carbons (Fsp3) is 0.440. The number of carbonyl (C=O) groups excluding carboxylic acids is 3. The van der Waals surface area contributed by atoms with Gasteiger partial charge in [-0.1, -0.05) is 0 Å². The van der Waals surface area contributed by atoms with Gasteiger partial charge in [-0.05, 0) is 61.9 Å². The smallest absolute Gasteiger partial charge is 0.251 e. The van der Waals surface area contributed by atoms with Gasteiger partial charge in [0.2, 0.25) is 5.91 Å². The van der Waals surface area contributed by atoms with E-state index < -0.39 is 11.8 Å². The Morgan fingerprint density at radius 2 is 1.91 bits per heavy atom. The number of benzene rings is 1. The van der Waals surface area contributed by atoms with Crippen molar-refractivity contribution < 1.29 is 19.1 Å². The Hall–Kier alpha value is -3.66. The number of carbonyl (C=O) groups is 3. The predicted molar refractivity (Wildman–Crippen MR) is 132 cm³/mol. The number of nitrogens with one attached hydrogen (secondary N) is 2. The summed E-state index contributed by atoms with van der Waals surface area (Å²) < 4.78 is 5.05. The maximum atomic E-state index is 13.1. The molecule has 35 heavy (non-hydrogen) atoms. The summed E-state index contributed by atoms with van der Waals surface area (Å²) >= 11 is 0. The van der Waals surface area contributed by atoms with Gasteiger partial charge in [0.1, 0.15) is 5.82 Å². The average Bonchev–Trinajstić information content (AvgIpc) is 3.26. The van der Waals surface area contributed by atoms with Crippen LogP contribution in [-0.2, 0) is 4.74 Å². The first kappa shape index (κ1) is 24.5. The summed E-state index contributed by atoms with van der Waals surface area (Å²) in [6.07, 6.45) is 5.38. The Morgan fingerprint density at radius 1 is 1.11 bits per heavy atom. The largest absolute Gasteiger partial charge is 0.383 e. The fourth-order valence-corrected chi connectivity index (χ4v) is 5.19. The molecule has 2 fully saturated rings. The summed E-state index contributed by atoms with van der Waals surface area (Å²) in [5.74, 6) is 0.0371. The lowest BCUT2D eigenvalue weighted by Gasteiger charge is -2.38. The highest BCUT2D eigenvalue weighted by Crippen LogP contribution is 2.39. The van der Waals surface area contributed by atoms with Gasteiger partial charge in [-0.2, -0.15) is 0 Å². The fourth-order valence-electron chi connectivity index (χ4n) is 5.19. The molecule has 2 aliphatic rings. The highest BCUT2D eigenvalue weighted by atomic mass is 16.5. The van der Waals surface area contributed by atoms with Crippen molar-refractivity contribution in [2.75, 3.05) is 37.0 Å². The molecule has 4 rings (SSSR count). The third kappa shape index (κ3) is 5.54. The molecule has 1 saturated heterocycles. The third-order valence-electron chi connectivity index (χ3n) is 6.86. The first-order valence-corrected chi connectivity index (χ1v) is 11.9. The summed E-state index contributed by atoms with van der Waals surface area (Å²) in [5, 5.41) is 6.29. The number of nitrogens with two attached hydrogens (primary N) is 2. The molecule has 1 aliphatic heterocycles. The van der Waals surface area contributed by atoms with Crippen LogP contribution in [0.5, 0.6) is 0 Å². The van der Waals surface area contributed by atoms with E-state index >= 15 is 0 Å². The highest BCUT2D eigenvalue weighted by molar-refractivity contribution is 6.02. The number of piperidine rings is 1. The van der Waals surface area contributed by atoms with E-state index in [1.807, 2.05) is 6.07 Å². The molecular weight excluding hydrogens is 448 g/mol. The second-order valence-electron chi connectivity index (χ2n) is 9.12. The molecule has 10 heteroatoms. The topological polar surface area (TPSA) is 153 Å². The lowest BCUT2D eigenvalue weighted by atomic mass is 9.92. The van der Waals surface area contributed by atoms with Crippen molar-refractivity contribution >= 4 is 29.2 Å². The lowest BCUT2D eigenvalue weighted by Crippen LogP contribution is -2.43.